The second-order valence-corrected chi connectivity index (χ2v) is 6.62. The summed E-state index contributed by atoms with van der Waals surface area (Å²) < 4.78 is 0. The summed E-state index contributed by atoms with van der Waals surface area (Å²) >= 11 is 0. The van der Waals surface area contributed by atoms with E-state index in [4.69, 9.17) is 5.73 Å². The zero-order chi connectivity index (χ0) is 14.4. The van der Waals surface area contributed by atoms with Crippen molar-refractivity contribution in [2.24, 2.45) is 11.7 Å². The number of nitrogens with two attached hydrogens (primary N) is 1. The molecular weight excluding hydrogens is 250 g/mol. The molecule has 2 saturated heterocycles. The van der Waals surface area contributed by atoms with Crippen LogP contribution in [0.4, 0.5) is 0 Å². The minimum absolute atomic E-state index is 0.294. The van der Waals surface area contributed by atoms with E-state index in [2.05, 4.69) is 16.7 Å². The van der Waals surface area contributed by atoms with Gasteiger partial charge in [-0.3, -0.25) is 9.69 Å². The number of carbonyl (C=O) groups excluding carboxylic acids is 1. The molecule has 2 rings (SSSR count). The minimum atomic E-state index is 0.294. The third-order valence-electron chi connectivity index (χ3n) is 4.94. The van der Waals surface area contributed by atoms with Crippen LogP contribution >= 0.6 is 0 Å². The monoisotopic (exact) mass is 281 g/mol. The van der Waals surface area contributed by atoms with E-state index in [9.17, 15) is 4.79 Å². The average molecular weight is 281 g/mol. The molecule has 2 aliphatic rings. The number of likely N-dealkylation sites (tertiary alicyclic amines) is 2. The van der Waals surface area contributed by atoms with Gasteiger partial charge >= 0.3 is 0 Å². The molecule has 0 saturated carbocycles. The summed E-state index contributed by atoms with van der Waals surface area (Å²) in [5, 5.41) is 0. The molecule has 20 heavy (non-hydrogen) atoms. The van der Waals surface area contributed by atoms with Gasteiger partial charge in [-0.2, -0.15) is 0 Å². The second-order valence-electron chi connectivity index (χ2n) is 6.62. The molecule has 0 aromatic carbocycles. The lowest BCUT2D eigenvalue weighted by Crippen LogP contribution is -2.46. The van der Waals surface area contributed by atoms with Crippen molar-refractivity contribution >= 4 is 5.91 Å². The topological polar surface area (TPSA) is 49.6 Å². The standard InChI is InChI=1S/C16H31N3O/c1-14(17)15-7-11-18(12-8-15)13-16(20)19-9-5-3-2-4-6-10-19/h14-15H,2-13,17H2,1H3. The number of rotatable bonds is 3. The number of hydrogen-bond donors (Lipinski definition) is 1. The fourth-order valence-electron chi connectivity index (χ4n) is 3.42. The Labute approximate surface area is 123 Å². The van der Waals surface area contributed by atoms with E-state index in [-0.39, 0.29) is 0 Å². The van der Waals surface area contributed by atoms with Gasteiger partial charge in [0, 0.05) is 19.1 Å². The lowest BCUT2D eigenvalue weighted by atomic mass is 9.91. The number of nitrogens with zero attached hydrogens (tertiary/aromatic N) is 2. The van der Waals surface area contributed by atoms with Crippen LogP contribution < -0.4 is 5.73 Å². The van der Waals surface area contributed by atoms with Crippen molar-refractivity contribution in [1.29, 1.82) is 0 Å². The fourth-order valence-corrected chi connectivity index (χ4v) is 3.42. The Morgan fingerprint density at radius 1 is 1.05 bits per heavy atom. The lowest BCUT2D eigenvalue weighted by molar-refractivity contribution is -0.133. The van der Waals surface area contributed by atoms with Crippen LogP contribution in [0, 0.1) is 5.92 Å². The molecule has 0 spiro atoms. The fraction of sp³-hybridized carbons (Fsp3) is 0.938. The predicted molar refractivity (Wildman–Crippen MR) is 82.5 cm³/mol. The molecule has 0 bridgehead atoms. The normalized spacial score (nSPS) is 25.0. The van der Waals surface area contributed by atoms with E-state index in [0.29, 0.717) is 24.4 Å². The zero-order valence-electron chi connectivity index (χ0n) is 13.0. The largest absolute Gasteiger partial charge is 0.342 e. The van der Waals surface area contributed by atoms with E-state index < -0.39 is 0 Å². The first-order chi connectivity index (χ1) is 9.66. The van der Waals surface area contributed by atoms with Gasteiger partial charge in [-0.25, -0.2) is 0 Å². The third kappa shape index (κ3) is 4.74. The van der Waals surface area contributed by atoms with Crippen molar-refractivity contribution in [3.05, 3.63) is 0 Å². The van der Waals surface area contributed by atoms with Gasteiger partial charge in [0.05, 0.1) is 6.54 Å². The van der Waals surface area contributed by atoms with Gasteiger partial charge in [-0.1, -0.05) is 19.3 Å². The van der Waals surface area contributed by atoms with Crippen molar-refractivity contribution in [3.63, 3.8) is 0 Å². The average Bonchev–Trinajstić information content (AvgIpc) is 2.38. The maximum atomic E-state index is 12.4. The maximum Gasteiger partial charge on any atom is 0.236 e. The van der Waals surface area contributed by atoms with E-state index in [1.54, 1.807) is 0 Å². The number of hydrogen-bond acceptors (Lipinski definition) is 3. The van der Waals surface area contributed by atoms with E-state index in [1.807, 2.05) is 0 Å². The Hall–Kier alpha value is -0.610. The van der Waals surface area contributed by atoms with E-state index in [0.717, 1.165) is 39.0 Å². The Bertz CT molecular complexity index is 290. The highest BCUT2D eigenvalue weighted by Gasteiger charge is 2.24. The Balaban J connectivity index is 1.73. The van der Waals surface area contributed by atoms with Crippen LogP contribution in [0.15, 0.2) is 0 Å². The zero-order valence-corrected chi connectivity index (χ0v) is 13.0. The highest BCUT2D eigenvalue weighted by atomic mass is 16.2. The van der Waals surface area contributed by atoms with Crippen LogP contribution in [0.3, 0.4) is 0 Å². The molecule has 2 fully saturated rings. The quantitative estimate of drug-likeness (QED) is 0.859. The third-order valence-corrected chi connectivity index (χ3v) is 4.94. The van der Waals surface area contributed by atoms with Gasteiger partial charge in [0.2, 0.25) is 5.91 Å². The van der Waals surface area contributed by atoms with Gasteiger partial charge < -0.3 is 10.6 Å². The summed E-state index contributed by atoms with van der Waals surface area (Å²) in [6, 6.07) is 0.294. The van der Waals surface area contributed by atoms with Crippen LogP contribution in [-0.2, 0) is 4.79 Å². The smallest absolute Gasteiger partial charge is 0.236 e. The van der Waals surface area contributed by atoms with Crippen LogP contribution in [-0.4, -0.2) is 54.5 Å². The molecule has 116 valence electrons. The SMILES string of the molecule is CC(N)C1CCN(CC(=O)N2CCCCCCC2)CC1. The predicted octanol–water partition coefficient (Wildman–Crippen LogP) is 1.84. The summed E-state index contributed by atoms with van der Waals surface area (Å²) in [6.45, 7) is 6.72. The molecule has 1 atom stereocenters. The van der Waals surface area contributed by atoms with Gasteiger partial charge in [-0.15, -0.1) is 0 Å². The Morgan fingerprint density at radius 2 is 1.60 bits per heavy atom. The van der Waals surface area contributed by atoms with Gasteiger partial charge in [0.25, 0.3) is 0 Å². The molecule has 0 radical (unpaired) electrons. The Morgan fingerprint density at radius 3 is 2.15 bits per heavy atom. The highest BCUT2D eigenvalue weighted by Crippen LogP contribution is 2.19. The molecule has 0 aromatic heterocycles. The van der Waals surface area contributed by atoms with Gasteiger partial charge in [-0.05, 0) is 51.6 Å². The van der Waals surface area contributed by atoms with Crippen LogP contribution in [0.5, 0.6) is 0 Å². The van der Waals surface area contributed by atoms with Gasteiger partial charge in [0.1, 0.15) is 0 Å². The minimum Gasteiger partial charge on any atom is -0.342 e. The lowest BCUT2D eigenvalue weighted by Gasteiger charge is -2.34. The second kappa shape index (κ2) is 7.99. The molecule has 2 aliphatic heterocycles. The van der Waals surface area contributed by atoms with Crippen LogP contribution in [0.25, 0.3) is 0 Å². The van der Waals surface area contributed by atoms with E-state index >= 15 is 0 Å². The van der Waals surface area contributed by atoms with Crippen molar-refractivity contribution in [3.8, 4) is 0 Å². The molecule has 4 heteroatoms. The first-order valence-electron chi connectivity index (χ1n) is 8.42. The van der Waals surface area contributed by atoms with Gasteiger partial charge in [0.15, 0.2) is 0 Å². The molecule has 2 heterocycles. The Kier molecular flexibility index (Phi) is 6.30. The number of amides is 1. The molecule has 0 aromatic rings. The van der Waals surface area contributed by atoms with Crippen molar-refractivity contribution < 1.29 is 4.79 Å². The van der Waals surface area contributed by atoms with Crippen LogP contribution in [0.1, 0.15) is 51.9 Å². The number of piperidine rings is 1. The molecule has 0 aliphatic carbocycles. The first kappa shape index (κ1) is 15.8. The summed E-state index contributed by atoms with van der Waals surface area (Å²) in [4.78, 5) is 16.8. The van der Waals surface area contributed by atoms with Crippen molar-refractivity contribution in [2.75, 3.05) is 32.7 Å². The molecule has 1 unspecified atom stereocenters. The molecule has 1 amide bonds. The summed E-state index contributed by atoms with van der Waals surface area (Å²) in [5.74, 6) is 0.981. The summed E-state index contributed by atoms with van der Waals surface area (Å²) in [5.41, 5.74) is 5.97. The van der Waals surface area contributed by atoms with Crippen molar-refractivity contribution in [2.45, 2.75) is 57.9 Å². The molecule has 2 N–H and O–H groups in total. The summed E-state index contributed by atoms with van der Waals surface area (Å²) in [7, 11) is 0. The first-order valence-corrected chi connectivity index (χ1v) is 8.42. The van der Waals surface area contributed by atoms with Crippen LogP contribution in [0.2, 0.25) is 0 Å². The molecule has 4 nitrogen and oxygen atoms in total. The summed E-state index contributed by atoms with van der Waals surface area (Å²) in [6.07, 6.45) is 8.55. The maximum absolute atomic E-state index is 12.4. The van der Waals surface area contributed by atoms with E-state index in [1.165, 1.54) is 32.1 Å². The molecular formula is C16H31N3O. The highest BCUT2D eigenvalue weighted by molar-refractivity contribution is 5.78. The number of carbonyl (C=O) groups is 1. The van der Waals surface area contributed by atoms with Crippen molar-refractivity contribution in [1.82, 2.24) is 9.80 Å².